The highest BCUT2D eigenvalue weighted by Crippen LogP contribution is 2.08. The van der Waals surface area contributed by atoms with Gasteiger partial charge in [-0.3, -0.25) is 10.2 Å². The average molecular weight is 190 g/mol. The Morgan fingerprint density at radius 2 is 2.43 bits per heavy atom. The predicted molar refractivity (Wildman–Crippen MR) is 51.6 cm³/mol. The first-order valence-electron chi connectivity index (χ1n) is 4.17. The van der Waals surface area contributed by atoms with Gasteiger partial charge in [-0.2, -0.15) is 0 Å². The van der Waals surface area contributed by atoms with Gasteiger partial charge in [-0.1, -0.05) is 0 Å². The molecule has 5 heteroatoms. The topological polar surface area (TPSA) is 72.4 Å². The number of amides is 1. The number of hydrogen-bond acceptors (Lipinski definition) is 3. The predicted octanol–water partition coefficient (Wildman–Crippen LogP) is 0.246. The number of hydrazine groups is 1. The summed E-state index contributed by atoms with van der Waals surface area (Å²) in [5.74, 6) is 4.71. The fraction of sp³-hybridized carbons (Fsp3) is 0.111. The summed E-state index contributed by atoms with van der Waals surface area (Å²) in [5, 5.41) is 0. The summed E-state index contributed by atoms with van der Waals surface area (Å²) in [6, 6.07) is 3.39. The summed E-state index contributed by atoms with van der Waals surface area (Å²) in [4.78, 5) is 15.3. The standard InChI is InChI=1S/C9H10N4O/c1-6-5-11-8-4-7(9(14)12-10)2-3-13(6)8/h2-5H,10H2,1H3,(H,12,14). The molecule has 2 rings (SSSR count). The number of carbonyl (C=O) groups excluding carboxylic acids is 1. The largest absolute Gasteiger partial charge is 0.304 e. The quantitative estimate of drug-likeness (QED) is 0.384. The summed E-state index contributed by atoms with van der Waals surface area (Å²) >= 11 is 0. The zero-order valence-electron chi connectivity index (χ0n) is 7.69. The highest BCUT2D eigenvalue weighted by atomic mass is 16.2. The van der Waals surface area contributed by atoms with E-state index < -0.39 is 0 Å². The zero-order valence-corrected chi connectivity index (χ0v) is 7.69. The van der Waals surface area contributed by atoms with Crippen LogP contribution in [0, 0.1) is 6.92 Å². The summed E-state index contributed by atoms with van der Waals surface area (Å²) in [6.07, 6.45) is 3.54. The van der Waals surface area contributed by atoms with Crippen molar-refractivity contribution in [3.63, 3.8) is 0 Å². The van der Waals surface area contributed by atoms with E-state index in [0.717, 1.165) is 11.3 Å². The van der Waals surface area contributed by atoms with Gasteiger partial charge in [-0.15, -0.1) is 0 Å². The molecule has 1 amide bonds. The van der Waals surface area contributed by atoms with Crippen LogP contribution in [-0.2, 0) is 0 Å². The van der Waals surface area contributed by atoms with Gasteiger partial charge in [0.1, 0.15) is 5.65 Å². The van der Waals surface area contributed by atoms with Gasteiger partial charge in [-0.05, 0) is 19.1 Å². The van der Waals surface area contributed by atoms with Crippen LogP contribution in [0.3, 0.4) is 0 Å². The first kappa shape index (κ1) is 8.71. The molecular weight excluding hydrogens is 180 g/mol. The number of rotatable bonds is 1. The third-order valence-electron chi connectivity index (χ3n) is 2.09. The molecule has 3 N–H and O–H groups in total. The smallest absolute Gasteiger partial charge is 0.265 e. The van der Waals surface area contributed by atoms with E-state index in [1.807, 2.05) is 11.3 Å². The third-order valence-corrected chi connectivity index (χ3v) is 2.09. The van der Waals surface area contributed by atoms with Gasteiger partial charge in [0.2, 0.25) is 0 Å². The molecule has 0 bridgehead atoms. The van der Waals surface area contributed by atoms with E-state index in [9.17, 15) is 4.79 Å². The van der Waals surface area contributed by atoms with E-state index in [1.165, 1.54) is 0 Å². The zero-order chi connectivity index (χ0) is 10.1. The van der Waals surface area contributed by atoms with E-state index in [0.29, 0.717) is 5.56 Å². The Morgan fingerprint density at radius 1 is 1.64 bits per heavy atom. The molecule has 0 fully saturated rings. The third kappa shape index (κ3) is 1.23. The maximum atomic E-state index is 11.2. The van der Waals surface area contributed by atoms with Crippen LogP contribution in [0.2, 0.25) is 0 Å². The average Bonchev–Trinajstić information content (AvgIpc) is 2.59. The number of aromatic nitrogens is 2. The van der Waals surface area contributed by atoms with Crippen LogP contribution in [0.4, 0.5) is 0 Å². The number of nitrogens with one attached hydrogen (secondary N) is 1. The molecule has 72 valence electrons. The van der Waals surface area contributed by atoms with Crippen molar-refractivity contribution in [2.75, 3.05) is 0 Å². The summed E-state index contributed by atoms with van der Waals surface area (Å²) in [7, 11) is 0. The molecule has 0 radical (unpaired) electrons. The second kappa shape index (κ2) is 3.12. The minimum absolute atomic E-state index is 0.312. The molecule has 0 atom stereocenters. The van der Waals surface area contributed by atoms with E-state index in [2.05, 4.69) is 10.4 Å². The van der Waals surface area contributed by atoms with Crippen LogP contribution in [0.25, 0.3) is 5.65 Å². The number of pyridine rings is 1. The summed E-state index contributed by atoms with van der Waals surface area (Å²) in [6.45, 7) is 1.95. The molecule has 0 aliphatic carbocycles. The normalized spacial score (nSPS) is 10.4. The van der Waals surface area contributed by atoms with Crippen molar-refractivity contribution in [3.8, 4) is 0 Å². The van der Waals surface area contributed by atoms with Gasteiger partial charge < -0.3 is 4.40 Å². The maximum Gasteiger partial charge on any atom is 0.265 e. The van der Waals surface area contributed by atoms with Crippen molar-refractivity contribution in [1.29, 1.82) is 0 Å². The second-order valence-corrected chi connectivity index (χ2v) is 3.02. The lowest BCUT2D eigenvalue weighted by molar-refractivity contribution is 0.0953. The number of nitrogens with two attached hydrogens (primary N) is 1. The second-order valence-electron chi connectivity index (χ2n) is 3.02. The lowest BCUT2D eigenvalue weighted by atomic mass is 10.2. The van der Waals surface area contributed by atoms with Crippen LogP contribution in [-0.4, -0.2) is 15.3 Å². The summed E-state index contributed by atoms with van der Waals surface area (Å²) < 4.78 is 1.90. The minimum Gasteiger partial charge on any atom is -0.304 e. The van der Waals surface area contributed by atoms with Gasteiger partial charge in [-0.25, -0.2) is 10.8 Å². The van der Waals surface area contributed by atoms with Crippen molar-refractivity contribution in [1.82, 2.24) is 14.8 Å². The van der Waals surface area contributed by atoms with Crippen molar-refractivity contribution < 1.29 is 4.79 Å². The Bertz CT molecular complexity index is 489. The van der Waals surface area contributed by atoms with Crippen LogP contribution < -0.4 is 11.3 Å². The molecule has 0 aliphatic heterocycles. The van der Waals surface area contributed by atoms with E-state index >= 15 is 0 Å². The lowest BCUT2D eigenvalue weighted by Crippen LogP contribution is -2.29. The lowest BCUT2D eigenvalue weighted by Gasteiger charge is -2.00. The molecule has 2 aromatic rings. The molecule has 0 unspecified atom stereocenters. The van der Waals surface area contributed by atoms with E-state index in [-0.39, 0.29) is 5.91 Å². The van der Waals surface area contributed by atoms with Crippen LogP contribution >= 0.6 is 0 Å². The number of nitrogens with zero attached hydrogens (tertiary/aromatic N) is 2. The monoisotopic (exact) mass is 190 g/mol. The van der Waals surface area contributed by atoms with Crippen molar-refractivity contribution in [2.45, 2.75) is 6.92 Å². The SMILES string of the molecule is Cc1cnc2cc(C(=O)NN)ccn12. The first-order chi connectivity index (χ1) is 6.72. The maximum absolute atomic E-state index is 11.2. The van der Waals surface area contributed by atoms with Gasteiger partial charge in [0.05, 0.1) is 0 Å². The van der Waals surface area contributed by atoms with E-state index in [4.69, 9.17) is 5.84 Å². The number of imidazole rings is 1. The minimum atomic E-state index is -0.312. The Hall–Kier alpha value is -1.88. The molecule has 0 aromatic carbocycles. The van der Waals surface area contributed by atoms with Gasteiger partial charge in [0.25, 0.3) is 5.91 Å². The molecule has 2 heterocycles. The van der Waals surface area contributed by atoms with Gasteiger partial charge >= 0.3 is 0 Å². The summed E-state index contributed by atoms with van der Waals surface area (Å²) in [5.41, 5.74) is 4.35. The molecule has 2 aromatic heterocycles. The number of aryl methyl sites for hydroxylation is 1. The Balaban J connectivity index is 2.57. The highest BCUT2D eigenvalue weighted by molar-refractivity contribution is 5.94. The highest BCUT2D eigenvalue weighted by Gasteiger charge is 2.05. The van der Waals surface area contributed by atoms with Crippen molar-refractivity contribution >= 4 is 11.6 Å². The number of hydrogen-bond donors (Lipinski definition) is 2. The van der Waals surface area contributed by atoms with Crippen molar-refractivity contribution in [2.24, 2.45) is 5.84 Å². The first-order valence-corrected chi connectivity index (χ1v) is 4.17. The van der Waals surface area contributed by atoms with Crippen LogP contribution in [0.15, 0.2) is 24.5 Å². The van der Waals surface area contributed by atoms with Gasteiger partial charge in [0.15, 0.2) is 0 Å². The van der Waals surface area contributed by atoms with Gasteiger partial charge in [0, 0.05) is 23.7 Å². The molecular formula is C9H10N4O. The Kier molecular flexibility index (Phi) is 1.94. The fourth-order valence-electron chi connectivity index (χ4n) is 1.33. The number of nitrogen functional groups attached to an aromatic ring is 1. The number of fused-ring (bicyclic) bond motifs is 1. The molecule has 0 aliphatic rings. The molecule has 0 spiro atoms. The Labute approximate surface area is 80.5 Å². The molecule has 0 saturated heterocycles. The fourth-order valence-corrected chi connectivity index (χ4v) is 1.33. The van der Waals surface area contributed by atoms with E-state index in [1.54, 1.807) is 24.5 Å². The molecule has 14 heavy (non-hydrogen) atoms. The Morgan fingerprint density at radius 3 is 3.14 bits per heavy atom. The molecule has 0 saturated carbocycles. The molecule has 5 nitrogen and oxygen atoms in total. The van der Waals surface area contributed by atoms with Crippen LogP contribution in [0.1, 0.15) is 16.1 Å². The number of carbonyl (C=O) groups is 1. The van der Waals surface area contributed by atoms with Crippen molar-refractivity contribution in [3.05, 3.63) is 35.8 Å². The van der Waals surface area contributed by atoms with Crippen LogP contribution in [0.5, 0.6) is 0 Å².